The highest BCUT2D eigenvalue weighted by atomic mass is 16.5. The Balaban J connectivity index is 1.69. The van der Waals surface area contributed by atoms with Crippen LogP contribution in [0, 0.1) is 13.8 Å². The van der Waals surface area contributed by atoms with Gasteiger partial charge < -0.3 is 24.3 Å². The van der Waals surface area contributed by atoms with E-state index < -0.39 is 0 Å². The lowest BCUT2D eigenvalue weighted by molar-refractivity contribution is 0.0945. The van der Waals surface area contributed by atoms with E-state index in [0.29, 0.717) is 36.4 Å². The summed E-state index contributed by atoms with van der Waals surface area (Å²) in [7, 11) is 3.76. The summed E-state index contributed by atoms with van der Waals surface area (Å²) >= 11 is 0. The number of carbonyl (C=O) groups is 1. The van der Waals surface area contributed by atoms with E-state index in [1.165, 1.54) is 0 Å². The predicted molar refractivity (Wildman–Crippen MR) is 113 cm³/mol. The van der Waals surface area contributed by atoms with Gasteiger partial charge in [-0.05, 0) is 71.4 Å². The van der Waals surface area contributed by atoms with Crippen LogP contribution in [0.2, 0.25) is 0 Å². The van der Waals surface area contributed by atoms with E-state index in [-0.39, 0.29) is 5.91 Å². The monoisotopic (exact) mass is 400 g/mol. The number of piperidine rings is 1. The SMILES string of the molecule is CCOc1ccc(CNC(=O)c2nc(C)n(C3CCN(C)CC3)c2C)cc1OC. The van der Waals surface area contributed by atoms with Crippen LogP contribution < -0.4 is 14.8 Å². The molecule has 1 N–H and O–H groups in total. The second-order valence-corrected chi connectivity index (χ2v) is 7.60. The van der Waals surface area contributed by atoms with Crippen molar-refractivity contribution in [3.8, 4) is 11.5 Å². The zero-order valence-corrected chi connectivity index (χ0v) is 18.1. The molecule has 1 amide bonds. The quantitative estimate of drug-likeness (QED) is 0.773. The molecule has 7 nitrogen and oxygen atoms in total. The summed E-state index contributed by atoms with van der Waals surface area (Å²) in [6.45, 7) is 9.03. The molecule has 2 aromatic rings. The lowest BCUT2D eigenvalue weighted by Gasteiger charge is -2.31. The summed E-state index contributed by atoms with van der Waals surface area (Å²) in [6, 6.07) is 6.10. The Kier molecular flexibility index (Phi) is 6.79. The zero-order chi connectivity index (χ0) is 21.0. The van der Waals surface area contributed by atoms with Crippen LogP contribution in [0.5, 0.6) is 11.5 Å². The van der Waals surface area contributed by atoms with Gasteiger partial charge in [0.15, 0.2) is 11.5 Å². The fourth-order valence-corrected chi connectivity index (χ4v) is 4.02. The summed E-state index contributed by atoms with van der Waals surface area (Å²) in [6.07, 6.45) is 2.17. The summed E-state index contributed by atoms with van der Waals surface area (Å²) < 4.78 is 13.2. The zero-order valence-electron chi connectivity index (χ0n) is 18.1. The second kappa shape index (κ2) is 9.31. The standard InChI is InChI=1S/C22H32N4O3/c1-6-29-19-8-7-17(13-20(19)28-5)14-23-22(27)21-15(2)26(16(3)24-21)18-9-11-25(4)12-10-18/h7-8,13,18H,6,9-12,14H2,1-5H3,(H,23,27). The minimum absolute atomic E-state index is 0.148. The average Bonchev–Trinajstić information content (AvgIpc) is 3.02. The minimum atomic E-state index is -0.148. The van der Waals surface area contributed by atoms with Crippen molar-refractivity contribution >= 4 is 5.91 Å². The lowest BCUT2D eigenvalue weighted by atomic mass is 10.0. The number of aromatic nitrogens is 2. The van der Waals surface area contributed by atoms with Crippen molar-refractivity contribution < 1.29 is 14.3 Å². The third kappa shape index (κ3) is 4.72. The molecule has 1 aliphatic heterocycles. The largest absolute Gasteiger partial charge is 0.493 e. The van der Waals surface area contributed by atoms with Crippen LogP contribution in [0.15, 0.2) is 18.2 Å². The molecule has 0 saturated carbocycles. The number of nitrogens with one attached hydrogen (secondary N) is 1. The molecule has 1 aromatic heterocycles. The highest BCUT2D eigenvalue weighted by molar-refractivity contribution is 5.93. The van der Waals surface area contributed by atoms with Gasteiger partial charge in [-0.3, -0.25) is 4.79 Å². The lowest BCUT2D eigenvalue weighted by Crippen LogP contribution is -2.32. The molecule has 1 aliphatic rings. The van der Waals surface area contributed by atoms with E-state index in [1.807, 2.05) is 39.0 Å². The summed E-state index contributed by atoms with van der Waals surface area (Å²) in [5.74, 6) is 2.13. The van der Waals surface area contributed by atoms with Crippen LogP contribution in [0.3, 0.4) is 0 Å². The van der Waals surface area contributed by atoms with Gasteiger partial charge in [0.1, 0.15) is 11.5 Å². The van der Waals surface area contributed by atoms with Gasteiger partial charge in [-0.1, -0.05) is 6.07 Å². The van der Waals surface area contributed by atoms with Gasteiger partial charge in [0.05, 0.1) is 13.7 Å². The number of methoxy groups -OCH3 is 1. The van der Waals surface area contributed by atoms with E-state index in [4.69, 9.17) is 9.47 Å². The number of rotatable bonds is 7. The van der Waals surface area contributed by atoms with E-state index in [9.17, 15) is 4.79 Å². The fourth-order valence-electron chi connectivity index (χ4n) is 4.02. The Morgan fingerprint density at radius 2 is 1.97 bits per heavy atom. The van der Waals surface area contributed by atoms with Crippen molar-refractivity contribution in [2.75, 3.05) is 33.9 Å². The van der Waals surface area contributed by atoms with E-state index in [0.717, 1.165) is 43.0 Å². The van der Waals surface area contributed by atoms with Crippen LogP contribution in [0.4, 0.5) is 0 Å². The van der Waals surface area contributed by atoms with E-state index in [2.05, 4.69) is 26.8 Å². The molecule has 158 valence electrons. The Bertz CT molecular complexity index is 854. The Labute approximate surface area is 173 Å². The average molecular weight is 401 g/mol. The van der Waals surface area contributed by atoms with Crippen molar-refractivity contribution in [1.29, 1.82) is 0 Å². The Morgan fingerprint density at radius 1 is 1.24 bits per heavy atom. The fraction of sp³-hybridized carbons (Fsp3) is 0.545. The molecule has 1 aromatic carbocycles. The van der Waals surface area contributed by atoms with Crippen LogP contribution in [0.25, 0.3) is 0 Å². The van der Waals surface area contributed by atoms with Crippen LogP contribution in [-0.4, -0.2) is 54.2 Å². The van der Waals surface area contributed by atoms with Gasteiger partial charge in [-0.25, -0.2) is 4.98 Å². The molecule has 1 saturated heterocycles. The molecule has 0 aliphatic carbocycles. The maximum atomic E-state index is 12.8. The number of likely N-dealkylation sites (tertiary alicyclic amines) is 1. The van der Waals surface area contributed by atoms with Gasteiger partial charge >= 0.3 is 0 Å². The van der Waals surface area contributed by atoms with Crippen LogP contribution >= 0.6 is 0 Å². The number of imidazole rings is 1. The van der Waals surface area contributed by atoms with Gasteiger partial charge in [-0.2, -0.15) is 0 Å². The molecule has 1 fully saturated rings. The first-order valence-electron chi connectivity index (χ1n) is 10.3. The first-order valence-corrected chi connectivity index (χ1v) is 10.3. The summed E-state index contributed by atoms with van der Waals surface area (Å²) in [5.41, 5.74) is 2.40. The van der Waals surface area contributed by atoms with Gasteiger partial charge in [0.25, 0.3) is 5.91 Å². The third-order valence-corrected chi connectivity index (χ3v) is 5.58. The smallest absolute Gasteiger partial charge is 0.272 e. The van der Waals surface area contributed by atoms with Crippen LogP contribution in [-0.2, 0) is 6.54 Å². The molecule has 0 unspecified atom stereocenters. The molecule has 29 heavy (non-hydrogen) atoms. The van der Waals surface area contributed by atoms with Gasteiger partial charge in [-0.15, -0.1) is 0 Å². The maximum Gasteiger partial charge on any atom is 0.272 e. The number of ether oxygens (including phenoxy) is 2. The van der Waals surface area contributed by atoms with Crippen LogP contribution in [0.1, 0.15) is 53.4 Å². The molecular weight excluding hydrogens is 368 g/mol. The highest BCUT2D eigenvalue weighted by Crippen LogP contribution is 2.28. The van der Waals surface area contributed by atoms with E-state index in [1.54, 1.807) is 7.11 Å². The highest BCUT2D eigenvalue weighted by Gasteiger charge is 2.25. The molecule has 0 atom stereocenters. The van der Waals surface area contributed by atoms with Crippen molar-refractivity contribution in [3.63, 3.8) is 0 Å². The number of aryl methyl sites for hydroxylation is 1. The molecule has 0 radical (unpaired) electrons. The van der Waals surface area contributed by atoms with Crippen molar-refractivity contribution in [1.82, 2.24) is 19.8 Å². The van der Waals surface area contributed by atoms with Crippen molar-refractivity contribution in [2.24, 2.45) is 0 Å². The van der Waals surface area contributed by atoms with Gasteiger partial charge in [0, 0.05) is 18.3 Å². The minimum Gasteiger partial charge on any atom is -0.493 e. The number of carbonyl (C=O) groups excluding carboxylic acids is 1. The third-order valence-electron chi connectivity index (χ3n) is 5.58. The predicted octanol–water partition coefficient (Wildman–Crippen LogP) is 3.10. The van der Waals surface area contributed by atoms with Crippen molar-refractivity contribution in [3.05, 3.63) is 41.0 Å². The maximum absolute atomic E-state index is 12.8. The number of benzene rings is 1. The number of nitrogens with zero attached hydrogens (tertiary/aromatic N) is 3. The number of hydrogen-bond acceptors (Lipinski definition) is 5. The first-order chi connectivity index (χ1) is 13.9. The molecule has 3 rings (SSSR count). The van der Waals surface area contributed by atoms with E-state index >= 15 is 0 Å². The number of hydrogen-bond donors (Lipinski definition) is 1. The molecule has 2 heterocycles. The second-order valence-electron chi connectivity index (χ2n) is 7.60. The Hall–Kier alpha value is -2.54. The first kappa shape index (κ1) is 21.2. The van der Waals surface area contributed by atoms with Gasteiger partial charge in [0.2, 0.25) is 0 Å². The molecule has 7 heteroatoms. The molecular formula is C22H32N4O3. The molecule has 0 bridgehead atoms. The summed E-state index contributed by atoms with van der Waals surface area (Å²) in [4.78, 5) is 19.7. The summed E-state index contributed by atoms with van der Waals surface area (Å²) in [5, 5.41) is 2.99. The Morgan fingerprint density at radius 3 is 2.62 bits per heavy atom. The number of amides is 1. The van der Waals surface area contributed by atoms with Crippen molar-refractivity contribution in [2.45, 2.75) is 46.2 Å². The molecule has 0 spiro atoms. The topological polar surface area (TPSA) is 68.6 Å². The normalized spacial score (nSPS) is 15.3.